The monoisotopic (exact) mass is 601 g/mol. The van der Waals surface area contributed by atoms with Crippen LogP contribution >= 0.6 is 11.6 Å². The van der Waals surface area contributed by atoms with Crippen LogP contribution in [0.2, 0.25) is 5.02 Å². The number of carbonyl (C=O) groups excluding carboxylic acids is 1. The molecule has 1 aliphatic heterocycles. The number of aromatic nitrogens is 1. The number of hydrogen-bond acceptors (Lipinski definition) is 7. The van der Waals surface area contributed by atoms with Gasteiger partial charge in [-0.3, -0.25) is 9.79 Å². The minimum absolute atomic E-state index is 0.199. The lowest BCUT2D eigenvalue weighted by atomic mass is 10.1. The molecule has 224 valence electrons. The van der Waals surface area contributed by atoms with Crippen LogP contribution in [0.15, 0.2) is 65.8 Å². The van der Waals surface area contributed by atoms with E-state index >= 15 is 0 Å². The number of allylic oxidation sites excluding steroid dienone is 1. The van der Waals surface area contributed by atoms with Crippen LogP contribution in [-0.4, -0.2) is 44.5 Å². The van der Waals surface area contributed by atoms with Gasteiger partial charge in [-0.2, -0.15) is 9.83 Å². The molecule has 1 atom stereocenters. The predicted molar refractivity (Wildman–Crippen MR) is 173 cm³/mol. The van der Waals surface area contributed by atoms with Crippen molar-refractivity contribution < 1.29 is 18.8 Å². The second-order valence-electron chi connectivity index (χ2n) is 10.1. The molecule has 3 aromatic rings. The molecule has 1 aromatic heterocycles. The predicted octanol–water partition coefficient (Wildman–Crippen LogP) is 5.99. The molecule has 1 amide bonds. The van der Waals surface area contributed by atoms with Crippen LogP contribution < -0.4 is 30.0 Å². The Balaban J connectivity index is 1.66. The van der Waals surface area contributed by atoms with Crippen LogP contribution in [0.1, 0.15) is 38.7 Å². The van der Waals surface area contributed by atoms with Gasteiger partial charge in [0.1, 0.15) is 36.8 Å². The Hall–Kier alpha value is -4.39. The van der Waals surface area contributed by atoms with Crippen LogP contribution in [0, 0.1) is 11.3 Å². The third-order valence-corrected chi connectivity index (χ3v) is 7.30. The summed E-state index contributed by atoms with van der Waals surface area (Å²) in [6.07, 6.45) is 12.2. The normalized spacial score (nSPS) is 15.3. The summed E-state index contributed by atoms with van der Waals surface area (Å²) in [5.74, 6) is 0.804. The molecule has 10 heteroatoms. The number of nitrogens with zero attached hydrogens (tertiary/aromatic N) is 3. The van der Waals surface area contributed by atoms with Crippen molar-refractivity contribution in [3.8, 4) is 17.6 Å². The Morgan fingerprint density at radius 1 is 1.23 bits per heavy atom. The maximum absolute atomic E-state index is 12.9. The lowest BCUT2D eigenvalue weighted by molar-refractivity contribution is -0.644. The van der Waals surface area contributed by atoms with Crippen LogP contribution in [0.5, 0.6) is 11.5 Å². The molecule has 2 aromatic carbocycles. The van der Waals surface area contributed by atoms with Crippen LogP contribution in [-0.2, 0) is 11.8 Å². The van der Waals surface area contributed by atoms with E-state index < -0.39 is 0 Å². The molecule has 1 unspecified atom stereocenters. The quantitative estimate of drug-likeness (QED) is 0.133. The Kier molecular flexibility index (Phi) is 11.1. The van der Waals surface area contributed by atoms with Crippen molar-refractivity contribution in [1.29, 1.82) is 5.26 Å². The molecule has 4 rings (SSSR count). The Morgan fingerprint density at radius 2 is 2.07 bits per heavy atom. The van der Waals surface area contributed by atoms with Crippen LogP contribution in [0.25, 0.3) is 10.9 Å². The number of benzene rings is 2. The third kappa shape index (κ3) is 8.13. The Labute approximate surface area is 257 Å². The maximum Gasteiger partial charge on any atom is 0.248 e. The van der Waals surface area contributed by atoms with Crippen molar-refractivity contribution >= 4 is 51.2 Å². The number of nitrogens with one attached hydrogen (secondary N) is 3. The fourth-order valence-corrected chi connectivity index (χ4v) is 5.05. The first-order valence-electron chi connectivity index (χ1n) is 14.4. The number of aryl methyl sites for hydroxylation is 1. The van der Waals surface area contributed by atoms with Crippen molar-refractivity contribution in [3.05, 3.63) is 71.4 Å². The van der Waals surface area contributed by atoms with Crippen molar-refractivity contribution in [1.82, 2.24) is 5.32 Å². The molecule has 1 fully saturated rings. The smallest absolute Gasteiger partial charge is 0.248 e. The number of aliphatic imine (C=N–C) groups is 1. The maximum atomic E-state index is 12.9. The van der Waals surface area contributed by atoms with Gasteiger partial charge in [-0.05, 0) is 63.1 Å². The van der Waals surface area contributed by atoms with Gasteiger partial charge in [0, 0.05) is 24.9 Å². The molecule has 2 heterocycles. The second-order valence-corrected chi connectivity index (χ2v) is 10.5. The van der Waals surface area contributed by atoms with Gasteiger partial charge in [0.15, 0.2) is 6.20 Å². The summed E-state index contributed by atoms with van der Waals surface area (Å²) < 4.78 is 13.7. The van der Waals surface area contributed by atoms with Gasteiger partial charge in [0.25, 0.3) is 0 Å². The average molecular weight is 602 g/mol. The SMILES string of the molecule is CCC=CC(COc1ccc(Nc2c(C#N)c[n+](C)c3cc(OCC)c(NC(=O)C=CC4CCCN4)cc23)cc1Cl)=NC. The van der Waals surface area contributed by atoms with E-state index in [9.17, 15) is 10.1 Å². The lowest BCUT2D eigenvalue weighted by Gasteiger charge is -2.16. The minimum Gasteiger partial charge on any atom is -0.491 e. The van der Waals surface area contributed by atoms with Crippen LogP contribution in [0.3, 0.4) is 0 Å². The lowest BCUT2D eigenvalue weighted by Crippen LogP contribution is -2.29. The molecule has 43 heavy (non-hydrogen) atoms. The zero-order valence-corrected chi connectivity index (χ0v) is 25.8. The van der Waals surface area contributed by atoms with Crippen molar-refractivity contribution in [2.24, 2.45) is 12.0 Å². The molecule has 0 spiro atoms. The summed E-state index contributed by atoms with van der Waals surface area (Å²) in [5, 5.41) is 20.9. The van der Waals surface area contributed by atoms with E-state index in [1.165, 1.54) is 0 Å². The number of halogens is 1. The molecule has 0 radical (unpaired) electrons. The highest BCUT2D eigenvalue weighted by atomic mass is 35.5. The zero-order chi connectivity index (χ0) is 30.8. The van der Waals surface area contributed by atoms with Gasteiger partial charge in [-0.15, -0.1) is 0 Å². The summed E-state index contributed by atoms with van der Waals surface area (Å²) in [5.41, 5.74) is 3.80. The van der Waals surface area contributed by atoms with Gasteiger partial charge >= 0.3 is 0 Å². The molecule has 1 saturated heterocycles. The summed E-state index contributed by atoms with van der Waals surface area (Å²) in [7, 11) is 3.59. The molecule has 1 aliphatic rings. The van der Waals surface area contributed by atoms with E-state index in [0.29, 0.717) is 52.4 Å². The number of rotatable bonds is 12. The van der Waals surface area contributed by atoms with E-state index in [2.05, 4.69) is 33.9 Å². The first-order valence-corrected chi connectivity index (χ1v) is 14.8. The summed E-state index contributed by atoms with van der Waals surface area (Å²) >= 11 is 6.59. The number of ether oxygens (including phenoxy) is 2. The van der Waals surface area contributed by atoms with Crippen molar-refractivity contribution in [2.45, 2.75) is 39.2 Å². The van der Waals surface area contributed by atoms with E-state index in [1.807, 2.05) is 55.0 Å². The third-order valence-electron chi connectivity index (χ3n) is 7.01. The molecule has 3 N–H and O–H groups in total. The number of carbonyl (C=O) groups is 1. The zero-order valence-electron chi connectivity index (χ0n) is 25.0. The number of fused-ring (bicyclic) bond motifs is 1. The van der Waals surface area contributed by atoms with Gasteiger partial charge in [-0.25, -0.2) is 0 Å². The number of pyridine rings is 1. The minimum atomic E-state index is -0.256. The first-order chi connectivity index (χ1) is 20.9. The molecule has 0 aliphatic carbocycles. The molecular formula is C33H38ClN6O3+. The Morgan fingerprint density at radius 3 is 2.74 bits per heavy atom. The number of anilines is 3. The van der Waals surface area contributed by atoms with E-state index in [-0.39, 0.29) is 11.9 Å². The van der Waals surface area contributed by atoms with E-state index in [0.717, 1.165) is 42.4 Å². The van der Waals surface area contributed by atoms with Crippen molar-refractivity contribution in [3.63, 3.8) is 0 Å². The number of amides is 1. The van der Waals surface area contributed by atoms with Gasteiger partial charge in [0.05, 0.1) is 40.2 Å². The summed E-state index contributed by atoms with van der Waals surface area (Å²) in [6, 6.07) is 11.6. The fourth-order valence-electron chi connectivity index (χ4n) is 4.81. The summed E-state index contributed by atoms with van der Waals surface area (Å²) in [4.78, 5) is 17.1. The molecule has 9 nitrogen and oxygen atoms in total. The standard InChI is InChI=1S/C33H37ClN6O3/c1-5-7-9-25(36-3)21-43-30-13-11-24(16-27(30)34)38-33-22(19-35)20-40(4)29-18-31(42-6-2)28(17-26(29)33)39-32(41)14-12-23-10-8-15-37-23/h7,9,11-14,16-18,20,23,37H,5-6,8,10,15,21H2,1-4H3,(H,39,41)/p+1. The molecule has 0 saturated carbocycles. The van der Waals surface area contributed by atoms with Gasteiger partial charge < -0.3 is 25.4 Å². The molecule has 0 bridgehead atoms. The largest absolute Gasteiger partial charge is 0.491 e. The van der Waals surface area contributed by atoms with E-state index in [4.69, 9.17) is 21.1 Å². The highest BCUT2D eigenvalue weighted by Gasteiger charge is 2.21. The van der Waals surface area contributed by atoms with Crippen molar-refractivity contribution in [2.75, 3.05) is 37.4 Å². The summed E-state index contributed by atoms with van der Waals surface area (Å²) in [6.45, 7) is 5.62. The van der Waals surface area contributed by atoms with Crippen LogP contribution in [0.4, 0.5) is 17.1 Å². The molecular weight excluding hydrogens is 564 g/mol. The highest BCUT2D eigenvalue weighted by Crippen LogP contribution is 2.37. The second kappa shape index (κ2) is 15.2. The number of nitriles is 1. The first kappa shape index (κ1) is 31.5. The highest BCUT2D eigenvalue weighted by molar-refractivity contribution is 6.32. The average Bonchev–Trinajstić information content (AvgIpc) is 3.53. The topological polar surface area (TPSA) is 112 Å². The Bertz CT molecular complexity index is 1600. The van der Waals surface area contributed by atoms with Gasteiger partial charge in [0.2, 0.25) is 11.4 Å². The van der Waals surface area contributed by atoms with Gasteiger partial charge in [-0.1, -0.05) is 30.7 Å². The van der Waals surface area contributed by atoms with E-state index in [1.54, 1.807) is 31.5 Å². The number of hydrogen-bond donors (Lipinski definition) is 3. The fraction of sp³-hybridized carbons (Fsp3) is 0.333.